The number of nitrogens with zero attached hydrogens (tertiary/aromatic N) is 2. The second kappa shape index (κ2) is 8.14. The molecule has 0 saturated heterocycles. The van der Waals surface area contributed by atoms with E-state index in [9.17, 15) is 18.8 Å². The Bertz CT molecular complexity index is 1230. The van der Waals surface area contributed by atoms with Gasteiger partial charge in [-0.1, -0.05) is 6.07 Å². The molecule has 0 unspecified atom stereocenters. The van der Waals surface area contributed by atoms with E-state index in [1.54, 1.807) is 18.2 Å². The summed E-state index contributed by atoms with van der Waals surface area (Å²) in [5, 5.41) is 0. The summed E-state index contributed by atoms with van der Waals surface area (Å²) >= 11 is 0. The highest BCUT2D eigenvalue weighted by atomic mass is 19.1. The van der Waals surface area contributed by atoms with Gasteiger partial charge in [0.1, 0.15) is 22.9 Å². The van der Waals surface area contributed by atoms with Gasteiger partial charge in [0.25, 0.3) is 5.56 Å². The van der Waals surface area contributed by atoms with Crippen molar-refractivity contribution >= 4 is 17.4 Å². The van der Waals surface area contributed by atoms with Gasteiger partial charge in [0.15, 0.2) is 5.78 Å². The fraction of sp³-hybridized carbons (Fsp3) is 0.217. The van der Waals surface area contributed by atoms with Gasteiger partial charge >= 0.3 is 0 Å². The minimum absolute atomic E-state index is 0.0423. The molecule has 31 heavy (non-hydrogen) atoms. The highest BCUT2D eigenvalue weighted by Gasteiger charge is 2.27. The lowest BCUT2D eigenvalue weighted by atomic mass is 10.1. The van der Waals surface area contributed by atoms with Crippen molar-refractivity contribution in [3.05, 3.63) is 81.7 Å². The number of carbonyl (C=O) groups is 2. The van der Waals surface area contributed by atoms with E-state index in [4.69, 9.17) is 5.73 Å². The summed E-state index contributed by atoms with van der Waals surface area (Å²) in [4.78, 5) is 41.9. The minimum Gasteiger partial charge on any atom is -0.366 e. The lowest BCUT2D eigenvalue weighted by Gasteiger charge is -2.18. The van der Waals surface area contributed by atoms with Crippen LogP contribution < -0.4 is 16.7 Å². The quantitative estimate of drug-likeness (QED) is 0.571. The van der Waals surface area contributed by atoms with Crippen LogP contribution in [-0.4, -0.2) is 21.4 Å². The highest BCUT2D eigenvalue weighted by molar-refractivity contribution is 5.98. The van der Waals surface area contributed by atoms with E-state index >= 15 is 0 Å². The van der Waals surface area contributed by atoms with Crippen LogP contribution in [0, 0.1) is 11.7 Å². The van der Waals surface area contributed by atoms with Crippen molar-refractivity contribution in [2.24, 2.45) is 11.7 Å². The standard InChI is InChI=1S/C23H21FN4O3/c1-13(29)21-20(15-7-9-17(24)10-8-15)26-19(11-14-5-6-14)23(31)28(21)27-18-4-2-3-16(12-18)22(25)30/h2-4,7-10,12,14,27H,5-6,11H2,1H3,(H2,25,30). The number of anilines is 1. The Hall–Kier alpha value is -3.81. The number of benzene rings is 2. The Morgan fingerprint density at radius 2 is 1.90 bits per heavy atom. The van der Waals surface area contributed by atoms with Gasteiger partial charge in [0.05, 0.1) is 5.69 Å². The molecule has 7 nitrogen and oxygen atoms in total. The summed E-state index contributed by atoms with van der Waals surface area (Å²) < 4.78 is 14.6. The first kappa shape index (κ1) is 20.5. The summed E-state index contributed by atoms with van der Waals surface area (Å²) in [5.74, 6) is -1.03. The molecule has 3 aromatic rings. The van der Waals surface area contributed by atoms with Crippen molar-refractivity contribution in [2.45, 2.75) is 26.2 Å². The fourth-order valence-electron chi connectivity index (χ4n) is 3.41. The van der Waals surface area contributed by atoms with Crippen molar-refractivity contribution in [1.29, 1.82) is 0 Å². The number of aromatic nitrogens is 2. The highest BCUT2D eigenvalue weighted by Crippen LogP contribution is 2.32. The summed E-state index contributed by atoms with van der Waals surface area (Å²) in [6.07, 6.45) is 2.54. The summed E-state index contributed by atoms with van der Waals surface area (Å²) in [7, 11) is 0. The third-order valence-electron chi connectivity index (χ3n) is 5.16. The molecule has 2 aromatic carbocycles. The van der Waals surface area contributed by atoms with Gasteiger partial charge < -0.3 is 5.73 Å². The molecule has 1 aliphatic carbocycles. The number of amides is 1. The lowest BCUT2D eigenvalue weighted by Crippen LogP contribution is -2.35. The number of Topliss-reactive ketones (excluding diaryl/α,β-unsaturated/α-hetero) is 1. The van der Waals surface area contributed by atoms with Crippen molar-refractivity contribution in [3.8, 4) is 11.3 Å². The monoisotopic (exact) mass is 420 g/mol. The number of hydrogen-bond donors (Lipinski definition) is 2. The normalized spacial score (nSPS) is 13.1. The van der Waals surface area contributed by atoms with Crippen LogP contribution in [0.1, 0.15) is 46.3 Å². The molecule has 0 radical (unpaired) electrons. The molecule has 1 aliphatic rings. The molecule has 0 aliphatic heterocycles. The molecular formula is C23H21FN4O3. The Kier molecular flexibility index (Phi) is 5.37. The number of carbonyl (C=O) groups excluding carboxylic acids is 2. The molecule has 1 fully saturated rings. The number of halogens is 1. The molecule has 158 valence electrons. The van der Waals surface area contributed by atoms with Crippen LogP contribution >= 0.6 is 0 Å². The fourth-order valence-corrected chi connectivity index (χ4v) is 3.41. The molecule has 0 atom stereocenters. The smallest absolute Gasteiger partial charge is 0.291 e. The molecule has 8 heteroatoms. The maximum atomic E-state index is 13.5. The van der Waals surface area contributed by atoms with E-state index in [1.165, 1.54) is 37.3 Å². The minimum atomic E-state index is -0.612. The van der Waals surface area contributed by atoms with E-state index < -0.39 is 17.3 Å². The molecule has 0 bridgehead atoms. The summed E-state index contributed by atoms with van der Waals surface area (Å²) in [6, 6.07) is 11.9. The van der Waals surface area contributed by atoms with E-state index in [0.717, 1.165) is 17.5 Å². The molecular weight excluding hydrogens is 399 g/mol. The molecule has 1 aromatic heterocycles. The predicted molar refractivity (Wildman–Crippen MR) is 114 cm³/mol. The molecule has 1 saturated carbocycles. The van der Waals surface area contributed by atoms with Gasteiger partial charge in [0, 0.05) is 18.1 Å². The zero-order valence-corrected chi connectivity index (χ0v) is 16.9. The zero-order valence-electron chi connectivity index (χ0n) is 16.9. The largest absolute Gasteiger partial charge is 0.366 e. The maximum absolute atomic E-state index is 13.5. The van der Waals surface area contributed by atoms with Crippen LogP contribution in [0.15, 0.2) is 53.3 Å². The van der Waals surface area contributed by atoms with Gasteiger partial charge in [-0.2, -0.15) is 0 Å². The second-order valence-electron chi connectivity index (χ2n) is 7.66. The third kappa shape index (κ3) is 4.37. The van der Waals surface area contributed by atoms with E-state index in [2.05, 4.69) is 10.4 Å². The average Bonchev–Trinajstić information content (AvgIpc) is 3.55. The first-order chi connectivity index (χ1) is 14.8. The molecule has 1 heterocycles. The topological polar surface area (TPSA) is 107 Å². The maximum Gasteiger partial charge on any atom is 0.291 e. The van der Waals surface area contributed by atoms with Crippen molar-refractivity contribution < 1.29 is 14.0 Å². The van der Waals surface area contributed by atoms with E-state index in [0.29, 0.717) is 35.0 Å². The van der Waals surface area contributed by atoms with Crippen molar-refractivity contribution in [1.82, 2.24) is 9.66 Å². The Labute approximate surface area is 177 Å². The molecule has 4 rings (SSSR count). The van der Waals surface area contributed by atoms with E-state index in [-0.39, 0.29) is 17.0 Å². The van der Waals surface area contributed by atoms with E-state index in [1.807, 2.05) is 0 Å². The van der Waals surface area contributed by atoms with Crippen LogP contribution in [0.25, 0.3) is 11.3 Å². The number of hydrogen-bond acceptors (Lipinski definition) is 5. The van der Waals surface area contributed by atoms with Gasteiger partial charge in [0.2, 0.25) is 5.91 Å². The van der Waals surface area contributed by atoms with Gasteiger partial charge in [-0.3, -0.25) is 19.8 Å². The van der Waals surface area contributed by atoms with Crippen LogP contribution in [0.2, 0.25) is 0 Å². The van der Waals surface area contributed by atoms with Crippen molar-refractivity contribution in [2.75, 3.05) is 5.43 Å². The Morgan fingerprint density at radius 1 is 1.19 bits per heavy atom. The van der Waals surface area contributed by atoms with Gasteiger partial charge in [-0.05, 0) is 67.6 Å². The first-order valence-electron chi connectivity index (χ1n) is 9.93. The SMILES string of the molecule is CC(=O)c1c(-c2ccc(F)cc2)nc(CC2CC2)c(=O)n1Nc1cccc(C(N)=O)c1. The first-order valence-corrected chi connectivity index (χ1v) is 9.93. The van der Waals surface area contributed by atoms with Crippen LogP contribution in [0.5, 0.6) is 0 Å². The number of rotatable bonds is 7. The average molecular weight is 420 g/mol. The predicted octanol–water partition coefficient (Wildman–Crippen LogP) is 3.18. The van der Waals surface area contributed by atoms with Crippen molar-refractivity contribution in [3.63, 3.8) is 0 Å². The van der Waals surface area contributed by atoms with Gasteiger partial charge in [-0.15, -0.1) is 0 Å². The third-order valence-corrected chi connectivity index (χ3v) is 5.16. The van der Waals surface area contributed by atoms with Crippen LogP contribution in [-0.2, 0) is 6.42 Å². The zero-order chi connectivity index (χ0) is 22.1. The molecule has 1 amide bonds. The second-order valence-corrected chi connectivity index (χ2v) is 7.66. The summed E-state index contributed by atoms with van der Waals surface area (Å²) in [5.41, 5.74) is 9.70. The number of nitrogens with two attached hydrogens (primary N) is 1. The van der Waals surface area contributed by atoms with Crippen LogP contribution in [0.4, 0.5) is 10.1 Å². The number of nitrogens with one attached hydrogen (secondary N) is 1. The number of primary amides is 1. The summed E-state index contributed by atoms with van der Waals surface area (Å²) in [6.45, 7) is 1.34. The number of ketones is 1. The lowest BCUT2D eigenvalue weighted by molar-refractivity contribution is 0.0993. The van der Waals surface area contributed by atoms with Crippen LogP contribution in [0.3, 0.4) is 0 Å². The Balaban J connectivity index is 1.91. The Morgan fingerprint density at radius 3 is 2.52 bits per heavy atom. The molecule has 0 spiro atoms. The molecule has 3 N–H and O–H groups in total. The van der Waals surface area contributed by atoms with Gasteiger partial charge in [-0.25, -0.2) is 14.1 Å².